The van der Waals surface area contributed by atoms with Crippen molar-refractivity contribution in [3.05, 3.63) is 96.6 Å². The van der Waals surface area contributed by atoms with Gasteiger partial charge in [-0.2, -0.15) is 0 Å². The van der Waals surface area contributed by atoms with Gasteiger partial charge in [-0.15, -0.1) is 0 Å². The Balaban J connectivity index is 0.00000193. The summed E-state index contributed by atoms with van der Waals surface area (Å²) in [6.07, 6.45) is 2.18. The third kappa shape index (κ3) is 4.81. The average molecular weight is 587 g/mol. The molecule has 0 heterocycles. The van der Waals surface area contributed by atoms with E-state index >= 15 is 0 Å². The monoisotopic (exact) mass is 584 g/mol. The maximum Gasteiger partial charge on any atom is -1.00 e. The van der Waals surface area contributed by atoms with E-state index in [0.717, 1.165) is 11.6 Å². The number of halogens is 5. The average Bonchev–Trinajstić information content (AvgIpc) is 3.18. The molecule has 0 N–H and O–H groups in total. The Morgan fingerprint density at radius 1 is 0.818 bits per heavy atom. The zero-order valence-electron chi connectivity index (χ0n) is 19.6. The van der Waals surface area contributed by atoms with Crippen molar-refractivity contribution < 1.29 is 58.4 Å². The summed E-state index contributed by atoms with van der Waals surface area (Å²) in [5, 5.41) is 0. The summed E-state index contributed by atoms with van der Waals surface area (Å²) in [6, 6.07) is 9.80. The number of rotatable bonds is 3. The van der Waals surface area contributed by atoms with Crippen LogP contribution in [0.5, 0.6) is 0 Å². The first-order valence-electron chi connectivity index (χ1n) is 10.7. The van der Waals surface area contributed by atoms with Crippen molar-refractivity contribution in [1.82, 2.24) is 0 Å². The van der Waals surface area contributed by atoms with Crippen molar-refractivity contribution >= 4 is 11.0 Å². The molecule has 0 saturated heterocycles. The maximum atomic E-state index is 14.7. The van der Waals surface area contributed by atoms with Gasteiger partial charge in [-0.1, -0.05) is 0 Å². The Bertz CT molecular complexity index is 1240. The van der Waals surface area contributed by atoms with E-state index < -0.39 is 43.3 Å². The summed E-state index contributed by atoms with van der Waals surface area (Å²) in [7, 11) is 0. The fourth-order valence-corrected chi connectivity index (χ4v) is 24.8. The summed E-state index contributed by atoms with van der Waals surface area (Å²) < 4.78 is 44.3. The SMILES string of the molecule is CC1=C(C)C(C)[C]([Zr+2]([CH]2C=C(c3cc(F)c(F)cc3F)c3ccccc32)=[Si](C)C)=C1C.[Cl-].[Cl-]. The topological polar surface area (TPSA) is 0 Å². The van der Waals surface area contributed by atoms with E-state index in [4.69, 9.17) is 0 Å². The van der Waals surface area contributed by atoms with Crippen molar-refractivity contribution in [2.75, 3.05) is 0 Å². The normalized spacial score (nSPS) is 18.8. The molecule has 2 aromatic carbocycles. The number of hydrogen-bond donors (Lipinski definition) is 0. The van der Waals surface area contributed by atoms with E-state index in [1.54, 1.807) is 3.28 Å². The summed E-state index contributed by atoms with van der Waals surface area (Å²) in [5.41, 5.74) is 6.84. The Morgan fingerprint density at radius 2 is 1.42 bits per heavy atom. The minimum atomic E-state index is -2.22. The zero-order valence-corrected chi connectivity index (χ0v) is 24.6. The van der Waals surface area contributed by atoms with Gasteiger partial charge in [0, 0.05) is 0 Å². The van der Waals surface area contributed by atoms with Gasteiger partial charge in [0.2, 0.25) is 0 Å². The van der Waals surface area contributed by atoms with Crippen LogP contribution in [-0.2, 0) is 20.4 Å². The molecule has 0 bridgehead atoms. The fourth-order valence-electron chi connectivity index (χ4n) is 5.11. The summed E-state index contributed by atoms with van der Waals surface area (Å²) in [4.78, 5) is 0. The van der Waals surface area contributed by atoms with E-state index in [1.165, 1.54) is 22.3 Å². The van der Waals surface area contributed by atoms with E-state index in [9.17, 15) is 13.2 Å². The van der Waals surface area contributed by atoms with Crippen molar-refractivity contribution in [3.63, 3.8) is 0 Å². The Labute approximate surface area is 215 Å². The van der Waals surface area contributed by atoms with E-state index in [0.29, 0.717) is 17.6 Å². The van der Waals surface area contributed by atoms with Gasteiger partial charge in [0.25, 0.3) is 0 Å². The molecule has 0 spiro atoms. The van der Waals surface area contributed by atoms with Crippen LogP contribution in [0.15, 0.2) is 62.5 Å². The molecular weight excluding hydrogens is 559 g/mol. The van der Waals surface area contributed by atoms with Gasteiger partial charge in [-0.25, -0.2) is 0 Å². The summed E-state index contributed by atoms with van der Waals surface area (Å²) >= 11 is -2.22. The molecule has 7 heteroatoms. The Kier molecular flexibility index (Phi) is 9.29. The second-order valence-corrected chi connectivity index (χ2v) is 26.3. The van der Waals surface area contributed by atoms with Crippen LogP contribution in [0.3, 0.4) is 0 Å². The number of hydrogen-bond acceptors (Lipinski definition) is 0. The first kappa shape index (κ1) is 28.4. The van der Waals surface area contributed by atoms with Gasteiger partial charge in [0.1, 0.15) is 0 Å². The van der Waals surface area contributed by atoms with Crippen molar-refractivity contribution in [2.24, 2.45) is 5.92 Å². The van der Waals surface area contributed by atoms with Gasteiger partial charge in [-0.05, 0) is 0 Å². The van der Waals surface area contributed by atoms with E-state index in [-0.39, 0.29) is 34.0 Å². The minimum absolute atomic E-state index is 0. The molecule has 0 fully saturated rings. The van der Waals surface area contributed by atoms with Gasteiger partial charge < -0.3 is 24.8 Å². The second-order valence-electron chi connectivity index (χ2n) is 8.87. The first-order chi connectivity index (χ1) is 14.6. The van der Waals surface area contributed by atoms with Gasteiger partial charge in [0.15, 0.2) is 0 Å². The Hall–Kier alpha value is -0.870. The molecular formula is C26H27Cl2F3SiZr. The molecule has 2 atom stereocenters. The van der Waals surface area contributed by atoms with Crippen molar-refractivity contribution in [1.29, 1.82) is 0 Å². The molecule has 174 valence electrons. The smallest absolute Gasteiger partial charge is 1.00 e. The molecule has 33 heavy (non-hydrogen) atoms. The quantitative estimate of drug-likeness (QED) is 0.380. The Morgan fingerprint density at radius 3 is 2.00 bits per heavy atom. The molecule has 4 rings (SSSR count). The third-order valence-electron chi connectivity index (χ3n) is 7.00. The molecule has 0 aliphatic heterocycles. The maximum absolute atomic E-state index is 14.7. The van der Waals surface area contributed by atoms with Gasteiger partial charge >= 0.3 is 191 Å². The molecule has 2 aliphatic rings. The zero-order chi connectivity index (χ0) is 22.6. The first-order valence-corrected chi connectivity index (χ1v) is 19.5. The van der Waals surface area contributed by atoms with Crippen LogP contribution in [0.4, 0.5) is 13.2 Å². The van der Waals surface area contributed by atoms with Crippen LogP contribution in [0.1, 0.15) is 48.0 Å². The molecule has 0 aromatic heterocycles. The summed E-state index contributed by atoms with van der Waals surface area (Å²) in [6.45, 7) is 13.9. The van der Waals surface area contributed by atoms with Gasteiger partial charge in [-0.3, -0.25) is 0 Å². The molecule has 2 aliphatic carbocycles. The van der Waals surface area contributed by atoms with Crippen LogP contribution in [0.25, 0.3) is 5.57 Å². The molecule has 0 saturated carbocycles. The van der Waals surface area contributed by atoms with Crippen LogP contribution >= 0.6 is 0 Å². The van der Waals surface area contributed by atoms with Crippen molar-refractivity contribution in [3.8, 4) is 0 Å². The van der Waals surface area contributed by atoms with Crippen LogP contribution < -0.4 is 24.8 Å². The minimum Gasteiger partial charge on any atom is -1.00 e. The number of fused-ring (bicyclic) bond motifs is 1. The second kappa shape index (κ2) is 10.8. The largest absolute Gasteiger partial charge is 1.00 e. The molecule has 0 radical (unpaired) electrons. The number of allylic oxidation sites excluding steroid dienone is 5. The number of benzene rings is 2. The van der Waals surface area contributed by atoms with E-state index in [2.05, 4.69) is 52.9 Å². The molecule has 0 nitrogen and oxygen atoms in total. The standard InChI is InChI=1S/C15H8F3.C9H13.C2H6Si.2ClH.Zr/c16-13-8-15(18)14(17)7-12(13)11-6-5-9-3-1-2-4-10(9)11;1-6-5-7(2)9(4)8(6)3;1-3-2;;;/h1-8H;6H,1-4H3;1-2H3;2*1H;/q;;;;;+2/p-2. The van der Waals surface area contributed by atoms with E-state index in [1.807, 2.05) is 18.2 Å². The predicted octanol–water partition coefficient (Wildman–Crippen LogP) is 1.73. The van der Waals surface area contributed by atoms with Crippen LogP contribution in [-0.4, -0.2) is 5.43 Å². The molecule has 0 amide bonds. The van der Waals surface area contributed by atoms with Crippen molar-refractivity contribution in [2.45, 2.75) is 44.4 Å². The van der Waals surface area contributed by atoms with Crippen LogP contribution in [0, 0.1) is 23.4 Å². The van der Waals surface area contributed by atoms with Gasteiger partial charge in [0.05, 0.1) is 0 Å². The molecule has 2 unspecified atom stereocenters. The fraction of sp³-hybridized carbons (Fsp3) is 0.308. The predicted molar refractivity (Wildman–Crippen MR) is 120 cm³/mol. The molecule has 2 aromatic rings. The third-order valence-corrected chi connectivity index (χ3v) is 25.6. The van der Waals surface area contributed by atoms with Crippen LogP contribution in [0.2, 0.25) is 13.1 Å². The summed E-state index contributed by atoms with van der Waals surface area (Å²) in [5.74, 6) is -2.39.